The predicted molar refractivity (Wildman–Crippen MR) is 89.8 cm³/mol. The van der Waals surface area contributed by atoms with E-state index in [9.17, 15) is 0 Å². The average molecular weight is 308 g/mol. The molecule has 0 aliphatic carbocycles. The van der Waals surface area contributed by atoms with Gasteiger partial charge in [-0.25, -0.2) is 0 Å². The first-order valence-electron chi connectivity index (χ1n) is 7.10. The van der Waals surface area contributed by atoms with Gasteiger partial charge in [0.2, 0.25) is 0 Å². The smallest absolute Gasteiger partial charge is 0.161 e. The Morgan fingerprint density at radius 2 is 1.86 bits per heavy atom. The van der Waals surface area contributed by atoms with Crippen molar-refractivity contribution < 1.29 is 9.47 Å². The predicted octanol–water partition coefficient (Wildman–Crippen LogP) is 2.19. The van der Waals surface area contributed by atoms with E-state index in [4.69, 9.17) is 21.7 Å². The summed E-state index contributed by atoms with van der Waals surface area (Å²) >= 11 is 5.47. The van der Waals surface area contributed by atoms with Gasteiger partial charge in [-0.05, 0) is 44.8 Å². The molecule has 1 aromatic carbocycles. The molecule has 0 fully saturated rings. The molecule has 2 rings (SSSR count). The zero-order chi connectivity index (χ0) is 15.6. The van der Waals surface area contributed by atoms with Gasteiger partial charge in [-0.1, -0.05) is 19.1 Å². The molecule has 1 atom stereocenters. The Bertz CT molecular complexity index is 545. The summed E-state index contributed by atoms with van der Waals surface area (Å²) in [5.41, 5.74) is 2.32. The van der Waals surface area contributed by atoms with E-state index in [-0.39, 0.29) is 5.41 Å². The van der Waals surface area contributed by atoms with E-state index in [1.165, 1.54) is 5.56 Å². The van der Waals surface area contributed by atoms with Gasteiger partial charge in [0, 0.05) is 17.5 Å². The van der Waals surface area contributed by atoms with Gasteiger partial charge >= 0.3 is 0 Å². The number of thiocarbonyl (C=S) groups is 1. The lowest BCUT2D eigenvalue weighted by Crippen LogP contribution is -2.46. The molecule has 1 aromatic rings. The van der Waals surface area contributed by atoms with Crippen LogP contribution in [0.4, 0.5) is 0 Å². The van der Waals surface area contributed by atoms with Crippen LogP contribution < -0.4 is 14.8 Å². The Labute approximate surface area is 132 Å². The lowest BCUT2D eigenvalue weighted by Gasteiger charge is -2.38. The summed E-state index contributed by atoms with van der Waals surface area (Å²) in [5, 5.41) is 3.36. The van der Waals surface area contributed by atoms with E-state index in [1.807, 2.05) is 6.07 Å². The number of fused-ring (bicyclic) bond motifs is 1. The third kappa shape index (κ3) is 3.14. The van der Waals surface area contributed by atoms with Crippen LogP contribution in [0.5, 0.6) is 11.5 Å². The molecule has 0 radical (unpaired) electrons. The SMILES string of the molecule is COc1cc2c(cc1OC)C(C)(CCN(C)C)CNC2=S. The largest absolute Gasteiger partial charge is 0.493 e. The van der Waals surface area contributed by atoms with Crippen molar-refractivity contribution in [2.24, 2.45) is 0 Å². The van der Waals surface area contributed by atoms with Crippen LogP contribution in [0, 0.1) is 0 Å². The fourth-order valence-corrected chi connectivity index (χ4v) is 2.97. The van der Waals surface area contributed by atoms with Gasteiger partial charge in [0.1, 0.15) is 4.99 Å². The van der Waals surface area contributed by atoms with Crippen molar-refractivity contribution in [1.82, 2.24) is 10.2 Å². The van der Waals surface area contributed by atoms with Crippen LogP contribution in [0.2, 0.25) is 0 Å². The highest BCUT2D eigenvalue weighted by molar-refractivity contribution is 7.80. The molecule has 1 aliphatic rings. The Morgan fingerprint density at radius 3 is 2.43 bits per heavy atom. The van der Waals surface area contributed by atoms with Crippen molar-refractivity contribution in [3.63, 3.8) is 0 Å². The molecule has 5 heteroatoms. The lowest BCUT2D eigenvalue weighted by molar-refractivity contribution is 0.320. The minimum atomic E-state index is 0.0292. The molecule has 1 unspecified atom stereocenters. The van der Waals surface area contributed by atoms with Crippen molar-refractivity contribution in [2.45, 2.75) is 18.8 Å². The van der Waals surface area contributed by atoms with Gasteiger partial charge in [-0.2, -0.15) is 0 Å². The standard InChI is InChI=1S/C16H24N2O2S/c1-16(6-7-18(2)3)10-17-15(21)11-8-13(19-4)14(20-5)9-12(11)16/h8-9H,6-7,10H2,1-5H3,(H,17,21). The molecular formula is C16H24N2O2S. The molecule has 0 saturated carbocycles. The molecule has 4 nitrogen and oxygen atoms in total. The van der Waals surface area contributed by atoms with E-state index in [2.05, 4.69) is 37.3 Å². The number of nitrogens with zero attached hydrogens (tertiary/aromatic N) is 1. The highest BCUT2D eigenvalue weighted by Gasteiger charge is 2.35. The van der Waals surface area contributed by atoms with Gasteiger partial charge < -0.3 is 19.7 Å². The summed E-state index contributed by atoms with van der Waals surface area (Å²) in [6.45, 7) is 4.15. The molecule has 0 spiro atoms. The summed E-state index contributed by atoms with van der Waals surface area (Å²) in [6.07, 6.45) is 1.05. The van der Waals surface area contributed by atoms with Gasteiger partial charge in [-0.3, -0.25) is 0 Å². The second kappa shape index (κ2) is 6.20. The van der Waals surface area contributed by atoms with E-state index in [0.717, 1.165) is 41.6 Å². The summed E-state index contributed by atoms with van der Waals surface area (Å²) in [6, 6.07) is 4.06. The second-order valence-corrected chi connectivity index (χ2v) is 6.46. The number of benzene rings is 1. The van der Waals surface area contributed by atoms with Gasteiger partial charge in [0.15, 0.2) is 11.5 Å². The molecule has 116 valence electrons. The highest BCUT2D eigenvalue weighted by Crippen LogP contribution is 2.40. The number of rotatable bonds is 5. The quantitative estimate of drug-likeness (QED) is 0.843. The van der Waals surface area contributed by atoms with Crippen molar-refractivity contribution in [3.8, 4) is 11.5 Å². The van der Waals surface area contributed by atoms with Crippen molar-refractivity contribution in [2.75, 3.05) is 41.4 Å². The Hall–Kier alpha value is -1.33. The zero-order valence-corrected chi connectivity index (χ0v) is 14.3. The van der Waals surface area contributed by atoms with Crippen LogP contribution in [0.1, 0.15) is 24.5 Å². The number of nitrogens with one attached hydrogen (secondary N) is 1. The lowest BCUT2D eigenvalue weighted by atomic mass is 9.74. The van der Waals surface area contributed by atoms with Crippen LogP contribution >= 0.6 is 12.2 Å². The molecule has 1 aliphatic heterocycles. The van der Waals surface area contributed by atoms with Crippen molar-refractivity contribution >= 4 is 17.2 Å². The first kappa shape index (κ1) is 16.0. The number of methoxy groups -OCH3 is 2. The van der Waals surface area contributed by atoms with Gasteiger partial charge in [-0.15, -0.1) is 0 Å². The van der Waals surface area contributed by atoms with Crippen molar-refractivity contribution in [1.29, 1.82) is 0 Å². The van der Waals surface area contributed by atoms with Gasteiger partial charge in [0.05, 0.1) is 14.2 Å². The Kier molecular flexibility index (Phi) is 4.74. The summed E-state index contributed by atoms with van der Waals surface area (Å²) < 4.78 is 10.9. The molecule has 0 aromatic heterocycles. The molecule has 1 N–H and O–H groups in total. The maximum absolute atomic E-state index is 5.47. The molecule has 21 heavy (non-hydrogen) atoms. The number of ether oxygens (including phenoxy) is 2. The molecule has 0 bridgehead atoms. The maximum Gasteiger partial charge on any atom is 0.161 e. The van der Waals surface area contributed by atoms with Crippen LogP contribution in [-0.4, -0.2) is 51.3 Å². The fraction of sp³-hybridized carbons (Fsp3) is 0.562. The summed E-state index contributed by atoms with van der Waals surface area (Å²) in [7, 11) is 7.51. The van der Waals surface area contributed by atoms with E-state index < -0.39 is 0 Å². The highest BCUT2D eigenvalue weighted by atomic mass is 32.1. The Balaban J connectivity index is 2.48. The third-order valence-electron chi connectivity index (χ3n) is 4.17. The summed E-state index contributed by atoms with van der Waals surface area (Å²) in [4.78, 5) is 2.99. The Morgan fingerprint density at radius 1 is 1.24 bits per heavy atom. The normalized spacial score (nSPS) is 21.0. The number of hydrogen-bond donors (Lipinski definition) is 1. The molecule has 0 saturated heterocycles. The average Bonchev–Trinajstić information content (AvgIpc) is 2.48. The van der Waals surface area contributed by atoms with Gasteiger partial charge in [0.25, 0.3) is 0 Å². The van der Waals surface area contributed by atoms with Crippen LogP contribution in [0.15, 0.2) is 12.1 Å². The minimum Gasteiger partial charge on any atom is -0.493 e. The van der Waals surface area contributed by atoms with Crippen LogP contribution in [0.25, 0.3) is 0 Å². The monoisotopic (exact) mass is 308 g/mol. The first-order valence-corrected chi connectivity index (χ1v) is 7.51. The van der Waals surface area contributed by atoms with Crippen LogP contribution in [-0.2, 0) is 5.41 Å². The van der Waals surface area contributed by atoms with E-state index in [0.29, 0.717) is 0 Å². The fourth-order valence-electron chi connectivity index (χ4n) is 2.73. The minimum absolute atomic E-state index is 0.0292. The molecule has 0 amide bonds. The molecule has 1 heterocycles. The topological polar surface area (TPSA) is 33.7 Å². The number of hydrogen-bond acceptors (Lipinski definition) is 4. The second-order valence-electron chi connectivity index (χ2n) is 6.05. The third-order valence-corrected chi connectivity index (χ3v) is 4.53. The van der Waals surface area contributed by atoms with Crippen LogP contribution in [0.3, 0.4) is 0 Å². The zero-order valence-electron chi connectivity index (χ0n) is 13.4. The van der Waals surface area contributed by atoms with Crippen molar-refractivity contribution in [3.05, 3.63) is 23.3 Å². The first-order chi connectivity index (χ1) is 9.91. The maximum atomic E-state index is 5.47. The van der Waals surface area contributed by atoms with E-state index in [1.54, 1.807) is 14.2 Å². The summed E-state index contributed by atoms with van der Waals surface area (Å²) in [5.74, 6) is 1.48. The van der Waals surface area contributed by atoms with E-state index >= 15 is 0 Å². The molecular weight excluding hydrogens is 284 g/mol.